The van der Waals surface area contributed by atoms with Crippen LogP contribution in [0.2, 0.25) is 0 Å². The highest BCUT2D eigenvalue weighted by atomic mass is 19.4. The van der Waals surface area contributed by atoms with Gasteiger partial charge in [0.2, 0.25) is 5.91 Å². The second kappa shape index (κ2) is 7.17. The molecule has 1 aromatic rings. The molecule has 3 atom stereocenters. The van der Waals surface area contributed by atoms with Crippen LogP contribution < -0.4 is 5.32 Å². The third-order valence-electron chi connectivity index (χ3n) is 3.98. The summed E-state index contributed by atoms with van der Waals surface area (Å²) in [5.74, 6) is -0.574. The number of rotatable bonds is 5. The lowest BCUT2D eigenvalue weighted by molar-refractivity contribution is -0.137. The number of hydrogen-bond donors (Lipinski definition) is 2. The van der Waals surface area contributed by atoms with Crippen molar-refractivity contribution in [1.29, 1.82) is 0 Å². The molecule has 0 radical (unpaired) electrons. The highest BCUT2D eigenvalue weighted by molar-refractivity contribution is 5.79. The number of carbonyl (C=O) groups excluding carboxylic acids is 1. The van der Waals surface area contributed by atoms with Crippen molar-refractivity contribution in [2.75, 3.05) is 6.61 Å². The first-order chi connectivity index (χ1) is 10.8. The van der Waals surface area contributed by atoms with E-state index in [-0.39, 0.29) is 30.9 Å². The lowest BCUT2D eigenvalue weighted by Gasteiger charge is -2.17. The van der Waals surface area contributed by atoms with Crippen LogP contribution in [-0.2, 0) is 17.4 Å². The molecule has 1 amide bonds. The van der Waals surface area contributed by atoms with Crippen molar-refractivity contribution >= 4 is 5.91 Å². The van der Waals surface area contributed by atoms with Gasteiger partial charge in [-0.15, -0.1) is 0 Å². The molecule has 0 saturated heterocycles. The molecule has 1 aliphatic carbocycles. The summed E-state index contributed by atoms with van der Waals surface area (Å²) in [6.07, 6.45) is 0.224. The van der Waals surface area contributed by atoms with Crippen LogP contribution in [0.15, 0.2) is 36.4 Å². The molecular formula is C17H20F3NO2. The molecule has 23 heavy (non-hydrogen) atoms. The van der Waals surface area contributed by atoms with E-state index in [1.807, 2.05) is 12.2 Å². The lowest BCUT2D eigenvalue weighted by Crippen LogP contribution is -2.37. The smallest absolute Gasteiger partial charge is 0.396 e. The quantitative estimate of drug-likeness (QED) is 0.817. The Kier molecular flexibility index (Phi) is 5.46. The Morgan fingerprint density at radius 3 is 2.74 bits per heavy atom. The lowest BCUT2D eigenvalue weighted by atomic mass is 9.98. The van der Waals surface area contributed by atoms with E-state index in [1.54, 1.807) is 13.0 Å². The summed E-state index contributed by atoms with van der Waals surface area (Å²) >= 11 is 0. The molecule has 2 N–H and O–H groups in total. The van der Waals surface area contributed by atoms with Crippen LogP contribution in [0.3, 0.4) is 0 Å². The molecule has 6 heteroatoms. The summed E-state index contributed by atoms with van der Waals surface area (Å²) in [7, 11) is 0. The van der Waals surface area contributed by atoms with Crippen molar-refractivity contribution in [2.45, 2.75) is 32.0 Å². The first-order valence-corrected chi connectivity index (χ1v) is 7.55. The fraction of sp³-hybridized carbons (Fsp3) is 0.471. The fourth-order valence-electron chi connectivity index (χ4n) is 2.66. The Morgan fingerprint density at radius 1 is 1.39 bits per heavy atom. The summed E-state index contributed by atoms with van der Waals surface area (Å²) in [5.41, 5.74) is -0.218. The van der Waals surface area contributed by atoms with E-state index in [2.05, 4.69) is 5.32 Å². The first kappa shape index (κ1) is 17.5. The maximum absolute atomic E-state index is 12.7. The number of nitrogens with one attached hydrogen (secondary N) is 1. The van der Waals surface area contributed by atoms with E-state index >= 15 is 0 Å². The Morgan fingerprint density at radius 2 is 2.13 bits per heavy atom. The number of hydrogen-bond acceptors (Lipinski definition) is 2. The Labute approximate surface area is 133 Å². The average Bonchev–Trinajstić information content (AvgIpc) is 2.94. The van der Waals surface area contributed by atoms with Gasteiger partial charge in [0.05, 0.1) is 5.56 Å². The number of alkyl halides is 3. The molecule has 0 fully saturated rings. The van der Waals surface area contributed by atoms with E-state index in [0.29, 0.717) is 12.0 Å². The molecule has 1 aliphatic rings. The number of aliphatic hydroxyl groups excluding tert-OH is 1. The number of halogens is 3. The van der Waals surface area contributed by atoms with Crippen molar-refractivity contribution in [3.8, 4) is 0 Å². The van der Waals surface area contributed by atoms with Crippen LogP contribution in [0.5, 0.6) is 0 Å². The van der Waals surface area contributed by atoms with Crippen molar-refractivity contribution < 1.29 is 23.1 Å². The minimum atomic E-state index is -4.38. The molecule has 0 spiro atoms. The summed E-state index contributed by atoms with van der Waals surface area (Å²) in [6.45, 7) is 1.74. The van der Waals surface area contributed by atoms with Gasteiger partial charge in [0.15, 0.2) is 0 Å². The Balaban J connectivity index is 1.93. The Bertz CT molecular complexity index is 583. The van der Waals surface area contributed by atoms with Gasteiger partial charge in [-0.2, -0.15) is 13.2 Å². The third-order valence-corrected chi connectivity index (χ3v) is 3.98. The van der Waals surface area contributed by atoms with Crippen LogP contribution in [-0.4, -0.2) is 23.7 Å². The van der Waals surface area contributed by atoms with Crippen molar-refractivity contribution in [3.63, 3.8) is 0 Å². The summed E-state index contributed by atoms with van der Waals surface area (Å²) < 4.78 is 38.1. The van der Waals surface area contributed by atoms with Gasteiger partial charge in [0.25, 0.3) is 0 Å². The number of aliphatic hydroxyl groups is 1. The fourth-order valence-corrected chi connectivity index (χ4v) is 2.66. The second-order valence-corrected chi connectivity index (χ2v) is 5.98. The van der Waals surface area contributed by atoms with Gasteiger partial charge in [0, 0.05) is 24.5 Å². The molecule has 126 valence electrons. The van der Waals surface area contributed by atoms with Crippen LogP contribution in [0.4, 0.5) is 13.2 Å². The predicted molar refractivity (Wildman–Crippen MR) is 80.6 cm³/mol. The average molecular weight is 327 g/mol. The molecule has 3 nitrogen and oxygen atoms in total. The minimum absolute atomic E-state index is 0.0443. The zero-order valence-corrected chi connectivity index (χ0v) is 12.8. The third kappa shape index (κ3) is 4.82. The minimum Gasteiger partial charge on any atom is -0.396 e. The standard InChI is InChI=1S/C17H20F3NO2/c1-11(16(23)21-15-6-5-13(9-15)10-22)7-12-3-2-4-14(8-12)17(18,19)20/h2-6,8,11,13,15,22H,7,9-10H2,1H3,(H,21,23)/t11?,13-,15+/m0/s1. The van der Waals surface area contributed by atoms with E-state index in [1.165, 1.54) is 6.07 Å². The maximum Gasteiger partial charge on any atom is 0.416 e. The van der Waals surface area contributed by atoms with E-state index in [9.17, 15) is 18.0 Å². The topological polar surface area (TPSA) is 49.3 Å². The molecular weight excluding hydrogens is 307 g/mol. The largest absolute Gasteiger partial charge is 0.416 e. The van der Waals surface area contributed by atoms with Gasteiger partial charge in [-0.25, -0.2) is 0 Å². The van der Waals surface area contributed by atoms with Crippen molar-refractivity contribution in [1.82, 2.24) is 5.32 Å². The van der Waals surface area contributed by atoms with Crippen molar-refractivity contribution in [2.24, 2.45) is 11.8 Å². The summed E-state index contributed by atoms with van der Waals surface area (Å²) in [4.78, 5) is 12.2. The maximum atomic E-state index is 12.7. The van der Waals surface area contributed by atoms with Gasteiger partial charge in [0.1, 0.15) is 0 Å². The van der Waals surface area contributed by atoms with Gasteiger partial charge in [-0.05, 0) is 24.5 Å². The molecule has 0 saturated carbocycles. The summed E-state index contributed by atoms with van der Waals surface area (Å²) in [5, 5.41) is 11.9. The highest BCUT2D eigenvalue weighted by Gasteiger charge is 2.30. The first-order valence-electron chi connectivity index (χ1n) is 7.55. The Hall–Kier alpha value is -1.82. The predicted octanol–water partition coefficient (Wildman–Crippen LogP) is 2.94. The van der Waals surface area contributed by atoms with Crippen molar-refractivity contribution in [3.05, 3.63) is 47.5 Å². The number of benzene rings is 1. The highest BCUT2D eigenvalue weighted by Crippen LogP contribution is 2.30. The molecule has 0 bridgehead atoms. The molecule has 1 aromatic carbocycles. The van der Waals surface area contributed by atoms with Crippen LogP contribution in [0.25, 0.3) is 0 Å². The van der Waals surface area contributed by atoms with E-state index < -0.39 is 17.7 Å². The van der Waals surface area contributed by atoms with Gasteiger partial charge in [-0.3, -0.25) is 4.79 Å². The second-order valence-electron chi connectivity index (χ2n) is 5.98. The van der Waals surface area contributed by atoms with E-state index in [0.717, 1.165) is 12.1 Å². The summed E-state index contributed by atoms with van der Waals surface area (Å²) in [6, 6.07) is 4.93. The molecule has 0 aromatic heterocycles. The van der Waals surface area contributed by atoms with Crippen LogP contribution in [0.1, 0.15) is 24.5 Å². The molecule has 2 rings (SSSR count). The SMILES string of the molecule is CC(Cc1cccc(C(F)(F)F)c1)C(=O)N[C@@H]1C=C[C@H](CO)C1. The van der Waals surface area contributed by atoms with Crippen LogP contribution in [0, 0.1) is 11.8 Å². The number of amides is 1. The van der Waals surface area contributed by atoms with Gasteiger partial charge in [-0.1, -0.05) is 37.3 Å². The zero-order chi connectivity index (χ0) is 17.0. The molecule has 1 unspecified atom stereocenters. The van der Waals surface area contributed by atoms with Crippen LogP contribution >= 0.6 is 0 Å². The molecule has 0 aliphatic heterocycles. The zero-order valence-electron chi connectivity index (χ0n) is 12.8. The normalized spacial score (nSPS) is 22.1. The van der Waals surface area contributed by atoms with E-state index in [4.69, 9.17) is 5.11 Å². The molecule has 0 heterocycles. The monoisotopic (exact) mass is 327 g/mol. The van der Waals surface area contributed by atoms with Gasteiger partial charge < -0.3 is 10.4 Å². The number of carbonyl (C=O) groups is 1. The van der Waals surface area contributed by atoms with Gasteiger partial charge >= 0.3 is 6.18 Å².